The van der Waals surface area contributed by atoms with Crippen molar-refractivity contribution in [2.45, 2.75) is 6.42 Å². The second-order valence-electron chi connectivity index (χ2n) is 6.43. The summed E-state index contributed by atoms with van der Waals surface area (Å²) in [5.74, 6) is -0.195. The minimum atomic E-state index is -0.195. The highest BCUT2D eigenvalue weighted by atomic mass is 35.5. The SMILES string of the molecule is O=C(NCCc1c[nH]c2ccccc12)c1cc(Nc2ccc(Cl)cc2)ccn1. The molecule has 28 heavy (non-hydrogen) atoms. The van der Waals surface area contributed by atoms with Gasteiger partial charge in [0.2, 0.25) is 0 Å². The van der Waals surface area contributed by atoms with Gasteiger partial charge in [0, 0.05) is 46.2 Å². The zero-order chi connectivity index (χ0) is 19.3. The van der Waals surface area contributed by atoms with Crippen LogP contribution in [0.2, 0.25) is 5.02 Å². The standard InChI is InChI=1S/C22H19ClN4O/c23-16-5-7-17(8-6-16)27-18-10-12-24-21(13-18)22(28)25-11-9-15-14-26-20-4-2-1-3-19(15)20/h1-8,10,12-14,26H,9,11H2,(H,24,27)(H,25,28). The van der Waals surface area contributed by atoms with Crippen molar-refractivity contribution in [3.05, 3.63) is 89.3 Å². The van der Waals surface area contributed by atoms with E-state index >= 15 is 0 Å². The fraction of sp³-hybridized carbons (Fsp3) is 0.0909. The molecule has 2 aromatic heterocycles. The maximum absolute atomic E-state index is 12.5. The quantitative estimate of drug-likeness (QED) is 0.437. The first kappa shape index (κ1) is 18.1. The highest BCUT2D eigenvalue weighted by Crippen LogP contribution is 2.20. The average molecular weight is 391 g/mol. The van der Waals surface area contributed by atoms with Gasteiger partial charge >= 0.3 is 0 Å². The van der Waals surface area contributed by atoms with Gasteiger partial charge in [0.15, 0.2) is 0 Å². The first-order valence-electron chi connectivity index (χ1n) is 9.01. The van der Waals surface area contributed by atoms with Crippen LogP contribution in [0.25, 0.3) is 10.9 Å². The van der Waals surface area contributed by atoms with Crippen LogP contribution in [0.15, 0.2) is 73.1 Å². The number of H-pyrrole nitrogens is 1. The van der Waals surface area contributed by atoms with Crippen molar-refractivity contribution in [3.63, 3.8) is 0 Å². The summed E-state index contributed by atoms with van der Waals surface area (Å²) < 4.78 is 0. The van der Waals surface area contributed by atoms with E-state index in [9.17, 15) is 4.79 Å². The van der Waals surface area contributed by atoms with Crippen LogP contribution >= 0.6 is 11.6 Å². The predicted molar refractivity (Wildman–Crippen MR) is 113 cm³/mol. The van der Waals surface area contributed by atoms with E-state index < -0.39 is 0 Å². The first-order valence-corrected chi connectivity index (χ1v) is 9.39. The summed E-state index contributed by atoms with van der Waals surface area (Å²) in [6.45, 7) is 0.539. The van der Waals surface area contributed by atoms with E-state index in [0.29, 0.717) is 17.3 Å². The van der Waals surface area contributed by atoms with Crippen LogP contribution in [0.1, 0.15) is 16.1 Å². The van der Waals surface area contributed by atoms with Crippen molar-refractivity contribution < 1.29 is 4.79 Å². The number of halogens is 1. The number of hydrogen-bond acceptors (Lipinski definition) is 3. The maximum atomic E-state index is 12.5. The molecular formula is C22H19ClN4O. The van der Waals surface area contributed by atoms with Crippen molar-refractivity contribution in [1.29, 1.82) is 0 Å². The highest BCUT2D eigenvalue weighted by Gasteiger charge is 2.09. The molecule has 2 aromatic carbocycles. The van der Waals surface area contributed by atoms with Crippen molar-refractivity contribution in [2.24, 2.45) is 0 Å². The number of nitrogens with zero attached hydrogens (tertiary/aromatic N) is 1. The third-order valence-corrected chi connectivity index (χ3v) is 4.73. The van der Waals surface area contributed by atoms with E-state index in [-0.39, 0.29) is 5.91 Å². The Morgan fingerprint density at radius 2 is 1.86 bits per heavy atom. The lowest BCUT2D eigenvalue weighted by molar-refractivity contribution is 0.0949. The number of nitrogens with one attached hydrogen (secondary N) is 3. The molecule has 0 saturated heterocycles. The monoisotopic (exact) mass is 390 g/mol. The number of benzene rings is 2. The Bertz CT molecular complexity index is 1100. The third-order valence-electron chi connectivity index (χ3n) is 4.48. The molecule has 3 N–H and O–H groups in total. The summed E-state index contributed by atoms with van der Waals surface area (Å²) in [7, 11) is 0. The third kappa shape index (κ3) is 4.15. The maximum Gasteiger partial charge on any atom is 0.269 e. The molecule has 0 saturated carbocycles. The summed E-state index contributed by atoms with van der Waals surface area (Å²) in [4.78, 5) is 19.9. The molecule has 2 heterocycles. The van der Waals surface area contributed by atoms with Gasteiger partial charge in [-0.05, 0) is 54.4 Å². The molecule has 0 aliphatic carbocycles. The topological polar surface area (TPSA) is 69.8 Å². The van der Waals surface area contributed by atoms with Gasteiger partial charge in [0.1, 0.15) is 5.69 Å². The van der Waals surface area contributed by atoms with E-state index in [4.69, 9.17) is 11.6 Å². The molecular weight excluding hydrogens is 372 g/mol. The number of carbonyl (C=O) groups is 1. The Kier molecular flexibility index (Phi) is 5.26. The molecule has 0 spiro atoms. The summed E-state index contributed by atoms with van der Waals surface area (Å²) in [5, 5.41) is 8.04. The van der Waals surface area contributed by atoms with Gasteiger partial charge in [-0.1, -0.05) is 29.8 Å². The molecule has 0 aliphatic rings. The van der Waals surface area contributed by atoms with Crippen LogP contribution in [0.3, 0.4) is 0 Å². The number of rotatable bonds is 6. The number of anilines is 2. The Morgan fingerprint density at radius 1 is 1.04 bits per heavy atom. The summed E-state index contributed by atoms with van der Waals surface area (Å²) >= 11 is 5.91. The average Bonchev–Trinajstić information content (AvgIpc) is 3.13. The van der Waals surface area contributed by atoms with Crippen LogP contribution in [0, 0.1) is 0 Å². The highest BCUT2D eigenvalue weighted by molar-refractivity contribution is 6.30. The number of fused-ring (bicyclic) bond motifs is 1. The lowest BCUT2D eigenvalue weighted by Gasteiger charge is -2.09. The van der Waals surface area contributed by atoms with Crippen LogP contribution in [-0.4, -0.2) is 22.4 Å². The molecule has 0 radical (unpaired) electrons. The molecule has 4 rings (SSSR count). The lowest BCUT2D eigenvalue weighted by atomic mass is 10.1. The van der Waals surface area contributed by atoms with Crippen molar-refractivity contribution in [2.75, 3.05) is 11.9 Å². The Labute approximate surface area is 167 Å². The van der Waals surface area contributed by atoms with E-state index in [1.54, 1.807) is 12.3 Å². The number of pyridine rings is 1. The first-order chi connectivity index (χ1) is 13.7. The number of amides is 1. The summed E-state index contributed by atoms with van der Waals surface area (Å²) in [6.07, 6.45) is 4.36. The minimum Gasteiger partial charge on any atom is -0.361 e. The fourth-order valence-corrected chi connectivity index (χ4v) is 3.20. The summed E-state index contributed by atoms with van der Waals surface area (Å²) in [5.41, 5.74) is 4.34. The fourth-order valence-electron chi connectivity index (χ4n) is 3.07. The number of aromatic amines is 1. The van der Waals surface area contributed by atoms with Crippen molar-refractivity contribution in [3.8, 4) is 0 Å². The molecule has 6 heteroatoms. The van der Waals surface area contributed by atoms with Gasteiger partial charge < -0.3 is 15.6 Å². The predicted octanol–water partition coefficient (Wildman–Crippen LogP) is 4.93. The van der Waals surface area contributed by atoms with Crippen molar-refractivity contribution >= 4 is 39.8 Å². The Hall–Kier alpha value is -3.31. The number of carbonyl (C=O) groups excluding carboxylic acids is 1. The second-order valence-corrected chi connectivity index (χ2v) is 6.86. The van der Waals surface area contributed by atoms with E-state index in [0.717, 1.165) is 23.3 Å². The largest absolute Gasteiger partial charge is 0.361 e. The van der Waals surface area contributed by atoms with Crippen LogP contribution in [0.4, 0.5) is 11.4 Å². The zero-order valence-electron chi connectivity index (χ0n) is 15.1. The molecule has 0 bridgehead atoms. The van der Waals surface area contributed by atoms with Crippen LogP contribution < -0.4 is 10.6 Å². The van der Waals surface area contributed by atoms with Crippen LogP contribution in [-0.2, 0) is 6.42 Å². The van der Waals surface area contributed by atoms with E-state index in [1.807, 2.05) is 54.7 Å². The molecule has 0 fully saturated rings. The van der Waals surface area contributed by atoms with Gasteiger partial charge in [-0.25, -0.2) is 0 Å². The zero-order valence-corrected chi connectivity index (χ0v) is 15.8. The molecule has 4 aromatic rings. The number of para-hydroxylation sites is 1. The molecule has 140 valence electrons. The van der Waals surface area contributed by atoms with Crippen molar-refractivity contribution in [1.82, 2.24) is 15.3 Å². The number of aromatic nitrogens is 2. The molecule has 1 amide bonds. The lowest BCUT2D eigenvalue weighted by Crippen LogP contribution is -2.26. The van der Waals surface area contributed by atoms with E-state index in [1.165, 1.54) is 10.9 Å². The molecule has 0 unspecified atom stereocenters. The normalized spacial score (nSPS) is 10.8. The smallest absolute Gasteiger partial charge is 0.269 e. The molecule has 0 aliphatic heterocycles. The van der Waals surface area contributed by atoms with Gasteiger partial charge in [0.05, 0.1) is 0 Å². The van der Waals surface area contributed by atoms with Crippen LogP contribution in [0.5, 0.6) is 0 Å². The minimum absolute atomic E-state index is 0.195. The van der Waals surface area contributed by atoms with Gasteiger partial charge in [-0.3, -0.25) is 9.78 Å². The number of hydrogen-bond donors (Lipinski definition) is 3. The Balaban J connectivity index is 1.37. The summed E-state index contributed by atoms with van der Waals surface area (Å²) in [6, 6.07) is 19.1. The molecule has 0 atom stereocenters. The van der Waals surface area contributed by atoms with E-state index in [2.05, 4.69) is 26.7 Å². The van der Waals surface area contributed by atoms with Gasteiger partial charge in [-0.2, -0.15) is 0 Å². The second kappa shape index (κ2) is 8.15. The Morgan fingerprint density at radius 3 is 2.71 bits per heavy atom. The van der Waals surface area contributed by atoms with Gasteiger partial charge in [-0.15, -0.1) is 0 Å². The van der Waals surface area contributed by atoms with Gasteiger partial charge in [0.25, 0.3) is 5.91 Å². The molecule has 5 nitrogen and oxygen atoms in total.